The van der Waals surface area contributed by atoms with Crippen molar-refractivity contribution in [3.05, 3.63) is 26.1 Å². The van der Waals surface area contributed by atoms with Crippen molar-refractivity contribution in [3.8, 4) is 0 Å². The Morgan fingerprint density at radius 2 is 1.77 bits per heavy atom. The first-order valence-corrected chi connectivity index (χ1v) is 12.6. The summed E-state index contributed by atoms with van der Waals surface area (Å²) in [4.78, 5) is 44.3. The molecule has 1 saturated heterocycles. The van der Waals surface area contributed by atoms with Gasteiger partial charge in [0, 0.05) is 26.2 Å². The van der Waals surface area contributed by atoms with E-state index in [4.69, 9.17) is 11.6 Å². The Morgan fingerprint density at radius 3 is 2.39 bits per heavy atom. The van der Waals surface area contributed by atoms with E-state index in [9.17, 15) is 22.8 Å². The lowest BCUT2D eigenvalue weighted by Crippen LogP contribution is -2.50. The van der Waals surface area contributed by atoms with Crippen LogP contribution in [0.3, 0.4) is 0 Å². The summed E-state index contributed by atoms with van der Waals surface area (Å²) in [6.45, 7) is -0.240. The molecule has 1 aliphatic heterocycles. The summed E-state index contributed by atoms with van der Waals surface area (Å²) in [5.74, 6) is -0.249. The van der Waals surface area contributed by atoms with Crippen LogP contribution in [0, 0.1) is 0 Å². The third-order valence-corrected chi connectivity index (χ3v) is 8.49. The summed E-state index contributed by atoms with van der Waals surface area (Å²) in [7, 11) is -0.331. The fourth-order valence-corrected chi connectivity index (χ4v) is 6.78. The van der Waals surface area contributed by atoms with E-state index in [1.165, 1.54) is 23.2 Å². The predicted molar refractivity (Wildman–Crippen MR) is 116 cm³/mol. The molecule has 2 aromatic heterocycles. The molecule has 2 aromatic rings. The summed E-state index contributed by atoms with van der Waals surface area (Å²) >= 11 is 6.28. The highest BCUT2D eigenvalue weighted by molar-refractivity contribution is 7.91. The maximum atomic E-state index is 13.5. The van der Waals surface area contributed by atoms with Crippen LogP contribution in [-0.4, -0.2) is 61.5 Å². The van der Waals surface area contributed by atoms with Crippen molar-refractivity contribution >= 4 is 38.5 Å². The summed E-state index contributed by atoms with van der Waals surface area (Å²) in [6, 6.07) is -0.401. The zero-order valence-corrected chi connectivity index (χ0v) is 19.2. The van der Waals surface area contributed by atoms with Crippen LogP contribution >= 0.6 is 11.6 Å². The van der Waals surface area contributed by atoms with Crippen LogP contribution in [0.4, 0.5) is 0 Å². The number of rotatable bonds is 4. The highest BCUT2D eigenvalue weighted by Crippen LogP contribution is 2.29. The number of carbonyl (C=O) groups is 1. The molecule has 12 heteroatoms. The number of imidazole rings is 1. The van der Waals surface area contributed by atoms with Crippen molar-refractivity contribution < 1.29 is 13.2 Å². The predicted octanol–water partition coefficient (Wildman–Crippen LogP) is 0.436. The van der Waals surface area contributed by atoms with Crippen molar-refractivity contribution in [1.82, 2.24) is 23.6 Å². The minimum atomic E-state index is -3.17. The van der Waals surface area contributed by atoms with E-state index in [1.807, 2.05) is 0 Å². The first kappa shape index (κ1) is 22.1. The molecule has 1 aliphatic carbocycles. The highest BCUT2D eigenvalue weighted by Gasteiger charge is 2.39. The Bertz CT molecular complexity index is 1260. The number of fused-ring (bicyclic) bond motifs is 1. The van der Waals surface area contributed by atoms with E-state index < -0.39 is 21.1 Å². The van der Waals surface area contributed by atoms with E-state index in [-0.39, 0.29) is 52.5 Å². The van der Waals surface area contributed by atoms with Crippen LogP contribution in [0.25, 0.3) is 11.2 Å². The van der Waals surface area contributed by atoms with Crippen molar-refractivity contribution in [3.63, 3.8) is 0 Å². The van der Waals surface area contributed by atoms with Gasteiger partial charge in [0.15, 0.2) is 21.0 Å². The van der Waals surface area contributed by atoms with Crippen molar-refractivity contribution in [2.45, 2.75) is 57.2 Å². The van der Waals surface area contributed by atoms with E-state index in [1.54, 1.807) is 4.90 Å². The average molecular weight is 472 g/mol. The Labute approximate surface area is 184 Å². The highest BCUT2D eigenvalue weighted by atomic mass is 35.5. The normalized spacial score (nSPS) is 21.6. The van der Waals surface area contributed by atoms with Gasteiger partial charge in [-0.25, -0.2) is 13.2 Å². The largest absolute Gasteiger partial charge is 0.334 e. The number of halogens is 1. The van der Waals surface area contributed by atoms with Gasteiger partial charge < -0.3 is 4.90 Å². The Morgan fingerprint density at radius 1 is 1.10 bits per heavy atom. The third-order valence-electron chi connectivity index (χ3n) is 6.45. The van der Waals surface area contributed by atoms with Gasteiger partial charge in [0.1, 0.15) is 6.54 Å². The first-order chi connectivity index (χ1) is 14.6. The minimum Gasteiger partial charge on any atom is -0.334 e. The lowest BCUT2D eigenvalue weighted by molar-refractivity contribution is -0.137. The van der Waals surface area contributed by atoms with E-state index in [0.717, 1.165) is 36.7 Å². The number of hydrogen-bond acceptors (Lipinski definition) is 6. The molecule has 0 aromatic carbocycles. The van der Waals surface area contributed by atoms with Gasteiger partial charge in [-0.05, 0) is 30.9 Å². The number of aromatic nitrogens is 4. The van der Waals surface area contributed by atoms with Gasteiger partial charge >= 0.3 is 5.69 Å². The molecule has 1 unspecified atom stereocenters. The molecule has 4 rings (SSSR count). The molecule has 2 fully saturated rings. The zero-order valence-electron chi connectivity index (χ0n) is 17.6. The molecular weight excluding hydrogens is 446 g/mol. The van der Waals surface area contributed by atoms with E-state index in [2.05, 4.69) is 4.98 Å². The van der Waals surface area contributed by atoms with Gasteiger partial charge in [-0.15, -0.1) is 0 Å². The molecule has 1 amide bonds. The number of amides is 1. The quantitative estimate of drug-likeness (QED) is 0.597. The first-order valence-electron chi connectivity index (χ1n) is 10.4. The van der Waals surface area contributed by atoms with Crippen LogP contribution in [0.5, 0.6) is 0 Å². The SMILES string of the molecule is Cn1c(=O)c2c(nc(Cl)n2CC(=O)N(C2CCCCC2)C2CCS(=O)(=O)C2)n(C)c1=O. The molecule has 10 nitrogen and oxygen atoms in total. The second kappa shape index (κ2) is 8.09. The second-order valence-corrected chi connectivity index (χ2v) is 11.1. The number of aryl methyl sites for hydroxylation is 1. The Balaban J connectivity index is 1.74. The number of hydrogen-bond donors (Lipinski definition) is 0. The molecule has 31 heavy (non-hydrogen) atoms. The van der Waals surface area contributed by atoms with Crippen LogP contribution < -0.4 is 11.2 Å². The lowest BCUT2D eigenvalue weighted by Gasteiger charge is -2.38. The molecule has 0 bridgehead atoms. The summed E-state index contributed by atoms with van der Waals surface area (Å²) in [5.41, 5.74) is -0.938. The van der Waals surface area contributed by atoms with Gasteiger partial charge in [0.25, 0.3) is 5.56 Å². The molecule has 0 spiro atoms. The number of carbonyl (C=O) groups excluding carboxylic acids is 1. The molecular formula is C19H26ClN5O5S. The Hall–Kier alpha value is -2.14. The minimum absolute atomic E-state index is 0.0275. The molecule has 2 aliphatic rings. The molecule has 0 radical (unpaired) electrons. The smallest absolute Gasteiger partial charge is 0.332 e. The summed E-state index contributed by atoms with van der Waals surface area (Å²) < 4.78 is 27.7. The van der Waals surface area contributed by atoms with Gasteiger partial charge in [-0.1, -0.05) is 19.3 Å². The van der Waals surface area contributed by atoms with Gasteiger partial charge in [-0.3, -0.25) is 23.3 Å². The molecule has 1 saturated carbocycles. The van der Waals surface area contributed by atoms with Gasteiger partial charge in [0.2, 0.25) is 11.2 Å². The van der Waals surface area contributed by atoms with Gasteiger partial charge in [-0.2, -0.15) is 4.98 Å². The monoisotopic (exact) mass is 471 g/mol. The van der Waals surface area contributed by atoms with Crippen molar-refractivity contribution in [2.75, 3.05) is 11.5 Å². The summed E-state index contributed by atoms with van der Waals surface area (Å²) in [6.07, 6.45) is 5.16. The number of nitrogens with zero attached hydrogens (tertiary/aromatic N) is 5. The van der Waals surface area contributed by atoms with E-state index in [0.29, 0.717) is 6.42 Å². The molecule has 170 valence electrons. The van der Waals surface area contributed by atoms with Crippen LogP contribution in [-0.2, 0) is 35.3 Å². The third kappa shape index (κ3) is 3.93. The maximum Gasteiger partial charge on any atom is 0.332 e. The molecule has 3 heterocycles. The fourth-order valence-electron chi connectivity index (χ4n) is 4.84. The summed E-state index contributed by atoms with van der Waals surface area (Å²) in [5, 5.41) is -0.0655. The van der Waals surface area contributed by atoms with E-state index >= 15 is 0 Å². The van der Waals surface area contributed by atoms with Crippen LogP contribution in [0.15, 0.2) is 9.59 Å². The topological polar surface area (TPSA) is 116 Å². The second-order valence-electron chi connectivity index (χ2n) is 8.49. The maximum absolute atomic E-state index is 13.5. The number of sulfone groups is 1. The Kier molecular flexibility index (Phi) is 5.76. The molecule has 0 N–H and O–H groups in total. The standard InChI is InChI=1S/C19H26ClN5O5S/c1-22-16-15(17(27)23(2)19(22)28)24(18(20)21-16)10-14(26)25(12-6-4-3-5-7-12)13-8-9-31(29,30)11-13/h12-13H,3-11H2,1-2H3. The van der Waals surface area contributed by atoms with Crippen molar-refractivity contribution in [2.24, 2.45) is 14.1 Å². The fraction of sp³-hybridized carbons (Fsp3) is 0.684. The average Bonchev–Trinajstić information content (AvgIpc) is 3.25. The van der Waals surface area contributed by atoms with Crippen LogP contribution in [0.1, 0.15) is 38.5 Å². The van der Waals surface area contributed by atoms with Gasteiger partial charge in [0.05, 0.1) is 11.5 Å². The molecule has 1 atom stereocenters. The van der Waals surface area contributed by atoms with Crippen molar-refractivity contribution in [1.29, 1.82) is 0 Å². The van der Waals surface area contributed by atoms with Crippen LogP contribution in [0.2, 0.25) is 5.28 Å². The zero-order chi connectivity index (χ0) is 22.5. The lowest BCUT2D eigenvalue weighted by atomic mass is 9.93.